The molecule has 0 unspecified atom stereocenters. The normalized spacial score (nSPS) is 10.1. The molecule has 0 saturated heterocycles. The van der Waals surface area contributed by atoms with Crippen LogP contribution in [0.1, 0.15) is 29.8 Å². The van der Waals surface area contributed by atoms with Crippen LogP contribution in [-0.4, -0.2) is 25.0 Å². The second-order valence-electron chi connectivity index (χ2n) is 5.36. The summed E-state index contributed by atoms with van der Waals surface area (Å²) in [6.07, 6.45) is 0.993. The maximum absolute atomic E-state index is 11.8. The van der Waals surface area contributed by atoms with E-state index in [9.17, 15) is 9.59 Å². The first kappa shape index (κ1) is 17.5. The summed E-state index contributed by atoms with van der Waals surface area (Å²) in [5.41, 5.74) is 2.40. The molecule has 0 aromatic heterocycles. The summed E-state index contributed by atoms with van der Waals surface area (Å²) in [7, 11) is 0. The molecule has 0 atom stereocenters. The van der Waals surface area contributed by atoms with Gasteiger partial charge in [0.1, 0.15) is 12.4 Å². The highest BCUT2D eigenvalue weighted by Gasteiger charge is 2.04. The van der Waals surface area contributed by atoms with E-state index in [4.69, 9.17) is 4.74 Å². The number of amides is 2. The molecule has 126 valence electrons. The highest BCUT2D eigenvalue weighted by atomic mass is 16.5. The number of anilines is 1. The number of hydrogen-bond donors (Lipinski definition) is 2. The van der Waals surface area contributed by atoms with Gasteiger partial charge in [0.15, 0.2) is 5.78 Å². The number of urea groups is 1. The molecule has 2 amide bonds. The highest BCUT2D eigenvalue weighted by Crippen LogP contribution is 2.12. The Morgan fingerprint density at radius 1 is 1.08 bits per heavy atom. The van der Waals surface area contributed by atoms with E-state index in [1.807, 2.05) is 24.3 Å². The lowest BCUT2D eigenvalue weighted by Crippen LogP contribution is -2.32. The third kappa shape index (κ3) is 5.43. The topological polar surface area (TPSA) is 67.4 Å². The van der Waals surface area contributed by atoms with Gasteiger partial charge in [0.25, 0.3) is 0 Å². The van der Waals surface area contributed by atoms with Crippen LogP contribution in [0.25, 0.3) is 0 Å². The number of ether oxygens (including phenoxy) is 1. The molecule has 0 heterocycles. The van der Waals surface area contributed by atoms with Crippen LogP contribution >= 0.6 is 0 Å². The number of nitrogens with one attached hydrogen (secondary N) is 2. The molecule has 0 spiro atoms. The average molecular weight is 326 g/mol. The summed E-state index contributed by atoms with van der Waals surface area (Å²) < 4.78 is 5.57. The summed E-state index contributed by atoms with van der Waals surface area (Å²) in [4.78, 5) is 23.2. The van der Waals surface area contributed by atoms with Crippen LogP contribution in [0.4, 0.5) is 10.5 Å². The van der Waals surface area contributed by atoms with Crippen LogP contribution in [0, 0.1) is 0 Å². The monoisotopic (exact) mass is 326 g/mol. The van der Waals surface area contributed by atoms with Crippen molar-refractivity contribution in [3.8, 4) is 5.75 Å². The molecule has 5 heteroatoms. The number of ketones is 1. The molecule has 24 heavy (non-hydrogen) atoms. The molecule has 2 aromatic carbocycles. The Hall–Kier alpha value is -2.82. The van der Waals surface area contributed by atoms with Gasteiger partial charge >= 0.3 is 6.03 Å². The SMILES string of the molecule is CCc1ccc(OCCNC(=O)Nc2cccc(C(C)=O)c2)cc1. The third-order valence-corrected chi connectivity index (χ3v) is 3.51. The van der Waals surface area contributed by atoms with Crippen LogP contribution in [-0.2, 0) is 6.42 Å². The number of benzene rings is 2. The fraction of sp³-hybridized carbons (Fsp3) is 0.263. The van der Waals surface area contributed by atoms with Gasteiger partial charge in [-0.2, -0.15) is 0 Å². The molecule has 2 aromatic rings. The zero-order valence-electron chi connectivity index (χ0n) is 14.0. The number of hydrogen-bond acceptors (Lipinski definition) is 3. The number of carbonyl (C=O) groups excluding carboxylic acids is 2. The maximum Gasteiger partial charge on any atom is 0.319 e. The van der Waals surface area contributed by atoms with Crippen molar-refractivity contribution in [3.05, 3.63) is 59.7 Å². The molecule has 0 saturated carbocycles. The molecule has 0 bridgehead atoms. The molecule has 0 fully saturated rings. The maximum atomic E-state index is 11.8. The zero-order valence-corrected chi connectivity index (χ0v) is 14.0. The minimum absolute atomic E-state index is 0.0402. The minimum Gasteiger partial charge on any atom is -0.492 e. The number of rotatable bonds is 7. The van der Waals surface area contributed by atoms with Crippen molar-refractivity contribution >= 4 is 17.5 Å². The van der Waals surface area contributed by atoms with Crippen molar-refractivity contribution in [1.82, 2.24) is 5.32 Å². The van der Waals surface area contributed by atoms with E-state index in [2.05, 4.69) is 17.6 Å². The zero-order chi connectivity index (χ0) is 17.4. The Kier molecular flexibility index (Phi) is 6.37. The van der Waals surface area contributed by atoms with E-state index in [0.717, 1.165) is 12.2 Å². The molecule has 0 aliphatic rings. The molecular weight excluding hydrogens is 304 g/mol. The van der Waals surface area contributed by atoms with Crippen molar-refractivity contribution in [1.29, 1.82) is 0 Å². The van der Waals surface area contributed by atoms with Crippen molar-refractivity contribution in [2.24, 2.45) is 0 Å². The van der Waals surface area contributed by atoms with Crippen molar-refractivity contribution in [3.63, 3.8) is 0 Å². The Morgan fingerprint density at radius 2 is 1.83 bits per heavy atom. The smallest absolute Gasteiger partial charge is 0.319 e. The largest absolute Gasteiger partial charge is 0.492 e. The Labute approximate surface area is 142 Å². The predicted octanol–water partition coefficient (Wildman–Crippen LogP) is 3.65. The van der Waals surface area contributed by atoms with E-state index < -0.39 is 0 Å². The fourth-order valence-corrected chi connectivity index (χ4v) is 2.15. The first-order chi connectivity index (χ1) is 11.6. The average Bonchev–Trinajstić information content (AvgIpc) is 2.59. The van der Waals surface area contributed by atoms with Crippen LogP contribution < -0.4 is 15.4 Å². The van der Waals surface area contributed by atoms with Crippen LogP contribution in [0.3, 0.4) is 0 Å². The Bertz CT molecular complexity index is 696. The van der Waals surface area contributed by atoms with Crippen LogP contribution in [0.5, 0.6) is 5.75 Å². The standard InChI is InChI=1S/C19H22N2O3/c1-3-15-7-9-18(10-8-15)24-12-11-20-19(23)21-17-6-4-5-16(13-17)14(2)22/h4-10,13H,3,11-12H2,1-2H3,(H2,20,21,23). The number of Topliss-reactive ketones (excluding diaryl/α,β-unsaturated/α-hetero) is 1. The van der Waals surface area contributed by atoms with Crippen LogP contribution in [0.15, 0.2) is 48.5 Å². The van der Waals surface area contributed by atoms with Gasteiger partial charge in [-0.05, 0) is 43.2 Å². The van der Waals surface area contributed by atoms with Gasteiger partial charge in [-0.1, -0.05) is 31.2 Å². The molecule has 0 aliphatic carbocycles. The Morgan fingerprint density at radius 3 is 2.50 bits per heavy atom. The highest BCUT2D eigenvalue weighted by molar-refractivity contribution is 5.96. The van der Waals surface area contributed by atoms with Gasteiger partial charge in [0, 0.05) is 11.3 Å². The molecule has 0 aliphatic heterocycles. The van der Waals surface area contributed by atoms with Crippen LogP contribution in [0.2, 0.25) is 0 Å². The summed E-state index contributed by atoms with van der Waals surface area (Å²) in [5.74, 6) is 0.741. The lowest BCUT2D eigenvalue weighted by molar-refractivity contribution is 0.101. The second-order valence-corrected chi connectivity index (χ2v) is 5.36. The first-order valence-corrected chi connectivity index (χ1v) is 7.96. The van der Waals surface area contributed by atoms with E-state index >= 15 is 0 Å². The van der Waals surface area contributed by atoms with Gasteiger partial charge in [-0.15, -0.1) is 0 Å². The van der Waals surface area contributed by atoms with Crippen molar-refractivity contribution in [2.45, 2.75) is 20.3 Å². The number of carbonyl (C=O) groups is 2. The Balaban J connectivity index is 1.73. The lowest BCUT2D eigenvalue weighted by Gasteiger charge is -2.10. The van der Waals surface area contributed by atoms with Crippen molar-refractivity contribution in [2.75, 3.05) is 18.5 Å². The minimum atomic E-state index is -0.333. The molecule has 0 radical (unpaired) electrons. The molecular formula is C19H22N2O3. The fourth-order valence-electron chi connectivity index (χ4n) is 2.15. The van der Waals surface area contributed by atoms with E-state index in [0.29, 0.717) is 24.4 Å². The van der Waals surface area contributed by atoms with Gasteiger partial charge in [0.2, 0.25) is 0 Å². The summed E-state index contributed by atoms with van der Waals surface area (Å²) in [5, 5.41) is 5.41. The molecule has 2 rings (SSSR count). The van der Waals surface area contributed by atoms with Gasteiger partial charge in [0.05, 0.1) is 6.54 Å². The summed E-state index contributed by atoms with van der Waals surface area (Å²) in [6.45, 7) is 4.36. The van der Waals surface area contributed by atoms with Gasteiger partial charge in [-0.3, -0.25) is 4.79 Å². The van der Waals surface area contributed by atoms with Gasteiger partial charge in [-0.25, -0.2) is 4.79 Å². The predicted molar refractivity (Wildman–Crippen MR) is 94.8 cm³/mol. The second kappa shape index (κ2) is 8.72. The molecule has 2 N–H and O–H groups in total. The van der Waals surface area contributed by atoms with E-state index in [-0.39, 0.29) is 11.8 Å². The summed E-state index contributed by atoms with van der Waals surface area (Å²) in [6, 6.07) is 14.4. The van der Waals surface area contributed by atoms with Crippen molar-refractivity contribution < 1.29 is 14.3 Å². The lowest BCUT2D eigenvalue weighted by atomic mass is 10.1. The third-order valence-electron chi connectivity index (χ3n) is 3.51. The van der Waals surface area contributed by atoms with E-state index in [1.54, 1.807) is 24.3 Å². The quantitative estimate of drug-likeness (QED) is 0.603. The molecule has 5 nitrogen and oxygen atoms in total. The van der Waals surface area contributed by atoms with E-state index in [1.165, 1.54) is 12.5 Å². The number of aryl methyl sites for hydroxylation is 1. The van der Waals surface area contributed by atoms with Gasteiger partial charge < -0.3 is 15.4 Å². The summed E-state index contributed by atoms with van der Waals surface area (Å²) >= 11 is 0. The first-order valence-electron chi connectivity index (χ1n) is 7.96.